The third kappa shape index (κ3) is 2.78. The van der Waals surface area contributed by atoms with E-state index in [-0.39, 0.29) is 0 Å². The van der Waals surface area contributed by atoms with Gasteiger partial charge < -0.3 is 0 Å². The Morgan fingerprint density at radius 1 is 1.06 bits per heavy atom. The standard InChI is InChI=1S/C16H19NO/c1-12(2)15-9-8-13(11-18-17)10-16(15)14-6-4-3-5-7-14/h3-10,12H,11,17H2,1-2H3. The molecule has 2 N–H and O–H groups in total. The van der Waals surface area contributed by atoms with Crippen molar-refractivity contribution in [3.63, 3.8) is 0 Å². The lowest BCUT2D eigenvalue weighted by molar-refractivity contribution is 0.124. The average molecular weight is 241 g/mol. The first-order valence-corrected chi connectivity index (χ1v) is 6.22. The Morgan fingerprint density at radius 2 is 1.78 bits per heavy atom. The van der Waals surface area contributed by atoms with Crippen molar-refractivity contribution in [3.05, 3.63) is 59.7 Å². The molecule has 0 aliphatic rings. The fraction of sp³-hybridized carbons (Fsp3) is 0.250. The van der Waals surface area contributed by atoms with Gasteiger partial charge in [-0.1, -0.05) is 56.3 Å². The molecule has 2 rings (SSSR count). The van der Waals surface area contributed by atoms with Crippen LogP contribution in [0.15, 0.2) is 48.5 Å². The van der Waals surface area contributed by atoms with Crippen molar-refractivity contribution in [1.82, 2.24) is 0 Å². The van der Waals surface area contributed by atoms with Gasteiger partial charge in [-0.05, 0) is 34.2 Å². The second kappa shape index (κ2) is 5.80. The quantitative estimate of drug-likeness (QED) is 0.825. The van der Waals surface area contributed by atoms with E-state index in [0.29, 0.717) is 12.5 Å². The highest BCUT2D eigenvalue weighted by molar-refractivity contribution is 5.68. The number of hydrogen-bond acceptors (Lipinski definition) is 2. The van der Waals surface area contributed by atoms with Crippen LogP contribution in [0.2, 0.25) is 0 Å². The SMILES string of the molecule is CC(C)c1ccc(CON)cc1-c1ccccc1. The summed E-state index contributed by atoms with van der Waals surface area (Å²) in [5, 5.41) is 0. The Morgan fingerprint density at radius 3 is 2.39 bits per heavy atom. The van der Waals surface area contributed by atoms with E-state index in [4.69, 9.17) is 10.7 Å². The van der Waals surface area contributed by atoms with Crippen LogP contribution in [0.4, 0.5) is 0 Å². The van der Waals surface area contributed by atoms with E-state index in [0.717, 1.165) is 5.56 Å². The van der Waals surface area contributed by atoms with Crippen LogP contribution < -0.4 is 5.90 Å². The summed E-state index contributed by atoms with van der Waals surface area (Å²) in [5.41, 5.74) is 4.95. The summed E-state index contributed by atoms with van der Waals surface area (Å²) in [7, 11) is 0. The maximum Gasteiger partial charge on any atom is 0.0930 e. The third-order valence-electron chi connectivity index (χ3n) is 3.07. The zero-order chi connectivity index (χ0) is 13.0. The molecule has 0 aromatic heterocycles. The van der Waals surface area contributed by atoms with Gasteiger partial charge in [0.25, 0.3) is 0 Å². The topological polar surface area (TPSA) is 35.2 Å². The molecule has 0 amide bonds. The number of hydrogen-bond donors (Lipinski definition) is 1. The molecule has 0 spiro atoms. The Kier molecular flexibility index (Phi) is 4.13. The lowest BCUT2D eigenvalue weighted by Gasteiger charge is -2.14. The maximum atomic E-state index is 5.15. The summed E-state index contributed by atoms with van der Waals surface area (Å²) >= 11 is 0. The van der Waals surface area contributed by atoms with Crippen molar-refractivity contribution in [3.8, 4) is 11.1 Å². The van der Waals surface area contributed by atoms with Gasteiger partial charge in [0.2, 0.25) is 0 Å². The van der Waals surface area contributed by atoms with Crippen LogP contribution >= 0.6 is 0 Å². The van der Waals surface area contributed by atoms with E-state index in [1.165, 1.54) is 16.7 Å². The molecule has 2 aromatic carbocycles. The van der Waals surface area contributed by atoms with Gasteiger partial charge in [0.15, 0.2) is 0 Å². The molecule has 2 aromatic rings. The molecule has 18 heavy (non-hydrogen) atoms. The first kappa shape index (κ1) is 12.8. The van der Waals surface area contributed by atoms with E-state index < -0.39 is 0 Å². The number of nitrogens with two attached hydrogens (primary N) is 1. The molecular weight excluding hydrogens is 222 g/mol. The molecule has 0 heterocycles. The molecule has 2 heteroatoms. The van der Waals surface area contributed by atoms with E-state index in [2.05, 4.69) is 56.3 Å². The fourth-order valence-electron chi connectivity index (χ4n) is 2.16. The molecule has 0 aliphatic carbocycles. The summed E-state index contributed by atoms with van der Waals surface area (Å²) in [4.78, 5) is 4.72. The predicted molar refractivity (Wildman–Crippen MR) is 74.9 cm³/mol. The van der Waals surface area contributed by atoms with Crippen molar-refractivity contribution in [2.75, 3.05) is 0 Å². The highest BCUT2D eigenvalue weighted by Crippen LogP contribution is 2.30. The minimum absolute atomic E-state index is 0.443. The first-order chi connectivity index (χ1) is 8.72. The van der Waals surface area contributed by atoms with Crippen LogP contribution in [-0.4, -0.2) is 0 Å². The van der Waals surface area contributed by atoms with Gasteiger partial charge >= 0.3 is 0 Å². The Labute approximate surface area is 108 Å². The van der Waals surface area contributed by atoms with Gasteiger partial charge in [-0.15, -0.1) is 0 Å². The fourth-order valence-corrected chi connectivity index (χ4v) is 2.16. The second-order valence-corrected chi connectivity index (χ2v) is 4.75. The van der Waals surface area contributed by atoms with Crippen LogP contribution in [0, 0.1) is 0 Å². The molecule has 2 nitrogen and oxygen atoms in total. The molecule has 0 saturated carbocycles. The van der Waals surface area contributed by atoms with Crippen molar-refractivity contribution < 1.29 is 4.84 Å². The van der Waals surface area contributed by atoms with Gasteiger partial charge in [-0.3, -0.25) is 4.84 Å². The highest BCUT2D eigenvalue weighted by Gasteiger charge is 2.09. The molecule has 0 radical (unpaired) electrons. The number of benzene rings is 2. The Bertz CT molecular complexity index is 506. The molecule has 0 unspecified atom stereocenters. The zero-order valence-corrected chi connectivity index (χ0v) is 10.9. The maximum absolute atomic E-state index is 5.15. The Balaban J connectivity index is 2.51. The summed E-state index contributed by atoms with van der Waals surface area (Å²) in [6, 6.07) is 16.8. The van der Waals surface area contributed by atoms with E-state index in [1.54, 1.807) is 0 Å². The van der Waals surface area contributed by atoms with E-state index in [9.17, 15) is 0 Å². The van der Waals surface area contributed by atoms with Crippen LogP contribution in [0.5, 0.6) is 0 Å². The lowest BCUT2D eigenvalue weighted by Crippen LogP contribution is -2.00. The van der Waals surface area contributed by atoms with Gasteiger partial charge in [0.05, 0.1) is 6.61 Å². The van der Waals surface area contributed by atoms with Gasteiger partial charge in [0, 0.05) is 0 Å². The second-order valence-electron chi connectivity index (χ2n) is 4.75. The largest absolute Gasteiger partial charge is 0.300 e. The van der Waals surface area contributed by atoms with E-state index in [1.807, 2.05) is 6.07 Å². The molecule has 0 fully saturated rings. The third-order valence-corrected chi connectivity index (χ3v) is 3.07. The smallest absolute Gasteiger partial charge is 0.0930 e. The average Bonchev–Trinajstić information content (AvgIpc) is 2.40. The van der Waals surface area contributed by atoms with Gasteiger partial charge in [-0.2, -0.15) is 0 Å². The molecule has 0 atom stereocenters. The molecule has 0 bridgehead atoms. The normalized spacial score (nSPS) is 10.9. The van der Waals surface area contributed by atoms with Gasteiger partial charge in [0.1, 0.15) is 0 Å². The zero-order valence-electron chi connectivity index (χ0n) is 10.9. The van der Waals surface area contributed by atoms with Crippen molar-refractivity contribution in [1.29, 1.82) is 0 Å². The highest BCUT2D eigenvalue weighted by atomic mass is 16.6. The number of rotatable bonds is 4. The van der Waals surface area contributed by atoms with Crippen LogP contribution in [0.1, 0.15) is 30.9 Å². The summed E-state index contributed by atoms with van der Waals surface area (Å²) in [5.74, 6) is 5.64. The van der Waals surface area contributed by atoms with E-state index >= 15 is 0 Å². The summed E-state index contributed by atoms with van der Waals surface area (Å²) in [6.45, 7) is 4.86. The van der Waals surface area contributed by atoms with Crippen molar-refractivity contribution in [2.24, 2.45) is 5.90 Å². The molecule has 0 aliphatic heterocycles. The van der Waals surface area contributed by atoms with Gasteiger partial charge in [-0.25, -0.2) is 5.90 Å². The first-order valence-electron chi connectivity index (χ1n) is 6.22. The monoisotopic (exact) mass is 241 g/mol. The van der Waals surface area contributed by atoms with Crippen LogP contribution in [0.3, 0.4) is 0 Å². The van der Waals surface area contributed by atoms with Crippen molar-refractivity contribution >= 4 is 0 Å². The summed E-state index contributed by atoms with van der Waals surface area (Å²) < 4.78 is 0. The van der Waals surface area contributed by atoms with Crippen molar-refractivity contribution in [2.45, 2.75) is 26.4 Å². The van der Waals surface area contributed by atoms with Crippen LogP contribution in [-0.2, 0) is 11.4 Å². The minimum Gasteiger partial charge on any atom is -0.300 e. The lowest BCUT2D eigenvalue weighted by atomic mass is 9.91. The molecule has 0 saturated heterocycles. The summed E-state index contributed by atoms with van der Waals surface area (Å²) in [6.07, 6.45) is 0. The molecular formula is C16H19NO. The molecule has 94 valence electrons. The predicted octanol–water partition coefficient (Wildman–Crippen LogP) is 3.87. The Hall–Kier alpha value is -1.64. The van der Waals surface area contributed by atoms with Crippen LogP contribution in [0.25, 0.3) is 11.1 Å². The minimum atomic E-state index is 0.443.